The first-order valence-corrected chi connectivity index (χ1v) is 10.5. The van der Waals surface area contributed by atoms with Gasteiger partial charge in [0, 0.05) is 24.7 Å². The highest BCUT2D eigenvalue weighted by Gasteiger charge is 2.27. The fraction of sp³-hybridized carbons (Fsp3) is 0.360. The van der Waals surface area contributed by atoms with Gasteiger partial charge in [-0.25, -0.2) is 4.79 Å². The van der Waals surface area contributed by atoms with Crippen LogP contribution in [-0.2, 0) is 13.5 Å². The Bertz CT molecular complexity index is 1100. The molecule has 1 aliphatic rings. The van der Waals surface area contributed by atoms with Gasteiger partial charge < -0.3 is 4.98 Å². The largest absolute Gasteiger partial charge is 0.328 e. The Labute approximate surface area is 171 Å². The highest BCUT2D eigenvalue weighted by molar-refractivity contribution is 5.32. The third kappa shape index (κ3) is 4.12. The van der Waals surface area contributed by atoms with Crippen molar-refractivity contribution in [2.75, 3.05) is 0 Å². The molecule has 1 fully saturated rings. The molecule has 2 aromatic carbocycles. The van der Waals surface area contributed by atoms with Crippen molar-refractivity contribution in [3.05, 3.63) is 103 Å². The molecule has 0 aliphatic heterocycles. The van der Waals surface area contributed by atoms with Gasteiger partial charge in [0.15, 0.2) is 0 Å². The minimum Gasteiger partial charge on any atom is -0.310 e. The summed E-state index contributed by atoms with van der Waals surface area (Å²) in [4.78, 5) is 28.4. The molecule has 4 heteroatoms. The molecular weight excluding hydrogens is 360 g/mol. The summed E-state index contributed by atoms with van der Waals surface area (Å²) < 4.78 is 1.20. The Morgan fingerprint density at radius 2 is 1.62 bits per heavy atom. The van der Waals surface area contributed by atoms with Crippen molar-refractivity contribution in [2.45, 2.75) is 50.9 Å². The van der Waals surface area contributed by atoms with Crippen LogP contribution in [0.2, 0.25) is 0 Å². The van der Waals surface area contributed by atoms with E-state index in [1.165, 1.54) is 15.7 Å². The lowest BCUT2D eigenvalue weighted by atomic mass is 9.76. The molecule has 0 saturated heterocycles. The van der Waals surface area contributed by atoms with Gasteiger partial charge in [-0.15, -0.1) is 0 Å². The Morgan fingerprint density at radius 1 is 0.931 bits per heavy atom. The first kappa shape index (κ1) is 19.4. The number of H-pyrrole nitrogens is 1. The minimum atomic E-state index is -0.317. The Kier molecular flexibility index (Phi) is 5.52. The molecular formula is C25H28N2O2. The first-order chi connectivity index (χ1) is 14.0. The lowest BCUT2D eigenvalue weighted by Crippen LogP contribution is -2.37. The molecule has 1 N–H and O–H groups in total. The molecule has 4 nitrogen and oxygen atoms in total. The minimum absolute atomic E-state index is 0.171. The van der Waals surface area contributed by atoms with Crippen molar-refractivity contribution >= 4 is 0 Å². The summed E-state index contributed by atoms with van der Waals surface area (Å²) in [5, 5.41) is 0. The van der Waals surface area contributed by atoms with E-state index in [9.17, 15) is 9.59 Å². The van der Waals surface area contributed by atoms with Crippen LogP contribution in [0.25, 0.3) is 0 Å². The molecule has 0 unspecified atom stereocenters. The molecule has 0 amide bonds. The SMILES string of the molecule is Cc1cccc(Cc2c(C3CCC(c4ccccc4)CC3)[nH]c(=O)n(C)c2=O)c1. The Balaban J connectivity index is 1.63. The summed E-state index contributed by atoms with van der Waals surface area (Å²) in [6.07, 6.45) is 4.69. The molecule has 29 heavy (non-hydrogen) atoms. The van der Waals surface area contributed by atoms with E-state index in [0.717, 1.165) is 42.5 Å². The fourth-order valence-electron chi connectivity index (χ4n) is 4.67. The average molecular weight is 389 g/mol. The van der Waals surface area contributed by atoms with Gasteiger partial charge in [-0.2, -0.15) is 0 Å². The fourth-order valence-corrected chi connectivity index (χ4v) is 4.67. The van der Waals surface area contributed by atoms with E-state index < -0.39 is 0 Å². The number of nitrogens with zero attached hydrogens (tertiary/aromatic N) is 1. The maximum Gasteiger partial charge on any atom is 0.328 e. The number of nitrogens with one attached hydrogen (secondary N) is 1. The Morgan fingerprint density at radius 3 is 2.31 bits per heavy atom. The van der Waals surface area contributed by atoms with E-state index in [4.69, 9.17) is 0 Å². The molecule has 1 heterocycles. The van der Waals surface area contributed by atoms with Gasteiger partial charge in [0.2, 0.25) is 0 Å². The number of aryl methyl sites for hydroxylation is 1. The van der Waals surface area contributed by atoms with Crippen LogP contribution in [-0.4, -0.2) is 9.55 Å². The topological polar surface area (TPSA) is 54.9 Å². The predicted molar refractivity (Wildman–Crippen MR) is 117 cm³/mol. The normalized spacial score (nSPS) is 19.2. The van der Waals surface area contributed by atoms with E-state index in [-0.39, 0.29) is 17.2 Å². The van der Waals surface area contributed by atoms with Gasteiger partial charge in [0.25, 0.3) is 5.56 Å². The number of hydrogen-bond donors (Lipinski definition) is 1. The number of aromatic nitrogens is 2. The van der Waals surface area contributed by atoms with Crippen LogP contribution in [0.4, 0.5) is 0 Å². The predicted octanol–water partition coefficient (Wildman–Crippen LogP) is 4.41. The monoisotopic (exact) mass is 388 g/mol. The molecule has 0 atom stereocenters. The summed E-state index contributed by atoms with van der Waals surface area (Å²) >= 11 is 0. The van der Waals surface area contributed by atoms with Crippen LogP contribution in [0.5, 0.6) is 0 Å². The van der Waals surface area contributed by atoms with Crippen molar-refractivity contribution in [3.63, 3.8) is 0 Å². The third-order valence-corrected chi connectivity index (χ3v) is 6.30. The molecule has 0 spiro atoms. The molecule has 1 aromatic heterocycles. The van der Waals surface area contributed by atoms with Gasteiger partial charge in [-0.3, -0.25) is 9.36 Å². The van der Waals surface area contributed by atoms with Crippen molar-refractivity contribution in [1.29, 1.82) is 0 Å². The van der Waals surface area contributed by atoms with E-state index in [2.05, 4.69) is 54.4 Å². The van der Waals surface area contributed by atoms with Crippen LogP contribution in [0.1, 0.15) is 65.5 Å². The summed E-state index contributed by atoms with van der Waals surface area (Å²) in [6, 6.07) is 18.9. The number of aromatic amines is 1. The third-order valence-electron chi connectivity index (χ3n) is 6.30. The zero-order valence-electron chi connectivity index (χ0n) is 17.2. The summed E-state index contributed by atoms with van der Waals surface area (Å²) in [7, 11) is 1.55. The van der Waals surface area contributed by atoms with Gasteiger partial charge in [0.1, 0.15) is 0 Å². The van der Waals surface area contributed by atoms with Gasteiger partial charge >= 0.3 is 5.69 Å². The van der Waals surface area contributed by atoms with Crippen molar-refractivity contribution < 1.29 is 0 Å². The molecule has 4 rings (SSSR count). The van der Waals surface area contributed by atoms with Gasteiger partial charge in [-0.05, 0) is 55.6 Å². The highest BCUT2D eigenvalue weighted by atomic mass is 16.2. The Hall–Kier alpha value is -2.88. The van der Waals surface area contributed by atoms with Crippen LogP contribution < -0.4 is 11.2 Å². The number of hydrogen-bond acceptors (Lipinski definition) is 2. The molecule has 1 saturated carbocycles. The maximum absolute atomic E-state index is 13.0. The standard InChI is InChI=1S/C25H28N2O2/c1-17-7-6-8-18(15-17)16-22-23(26-25(29)27(2)24(22)28)21-13-11-20(12-14-21)19-9-4-3-5-10-19/h3-10,15,20-21H,11-14,16H2,1-2H3,(H,26,29). The zero-order valence-corrected chi connectivity index (χ0v) is 17.2. The first-order valence-electron chi connectivity index (χ1n) is 10.5. The second kappa shape index (κ2) is 8.24. The average Bonchev–Trinajstić information content (AvgIpc) is 2.75. The smallest absolute Gasteiger partial charge is 0.310 e. The zero-order chi connectivity index (χ0) is 20.4. The second-order valence-corrected chi connectivity index (χ2v) is 8.31. The summed E-state index contributed by atoms with van der Waals surface area (Å²) in [5.41, 5.74) is 4.77. The van der Waals surface area contributed by atoms with Crippen molar-refractivity contribution in [2.24, 2.45) is 7.05 Å². The van der Waals surface area contributed by atoms with E-state index >= 15 is 0 Å². The van der Waals surface area contributed by atoms with Crippen LogP contribution in [0, 0.1) is 6.92 Å². The molecule has 150 valence electrons. The van der Waals surface area contributed by atoms with E-state index in [1.807, 2.05) is 12.1 Å². The molecule has 3 aromatic rings. The lowest BCUT2D eigenvalue weighted by molar-refractivity contribution is 0.387. The quantitative estimate of drug-likeness (QED) is 0.720. The van der Waals surface area contributed by atoms with Gasteiger partial charge in [-0.1, -0.05) is 60.2 Å². The van der Waals surface area contributed by atoms with E-state index in [0.29, 0.717) is 12.3 Å². The summed E-state index contributed by atoms with van der Waals surface area (Å²) in [5.74, 6) is 0.794. The number of rotatable bonds is 4. The molecule has 1 aliphatic carbocycles. The second-order valence-electron chi connectivity index (χ2n) is 8.31. The van der Waals surface area contributed by atoms with Crippen LogP contribution in [0.15, 0.2) is 64.2 Å². The van der Waals surface area contributed by atoms with E-state index in [1.54, 1.807) is 7.05 Å². The molecule has 0 radical (unpaired) electrons. The van der Waals surface area contributed by atoms with Crippen molar-refractivity contribution in [1.82, 2.24) is 9.55 Å². The van der Waals surface area contributed by atoms with Gasteiger partial charge in [0.05, 0.1) is 0 Å². The van der Waals surface area contributed by atoms with Crippen molar-refractivity contribution in [3.8, 4) is 0 Å². The van der Waals surface area contributed by atoms with Crippen LogP contribution >= 0.6 is 0 Å². The maximum atomic E-state index is 13.0. The highest BCUT2D eigenvalue weighted by Crippen LogP contribution is 2.40. The molecule has 0 bridgehead atoms. The van der Waals surface area contributed by atoms with Crippen LogP contribution in [0.3, 0.4) is 0 Å². The summed E-state index contributed by atoms with van der Waals surface area (Å²) in [6.45, 7) is 2.06. The number of benzene rings is 2. The lowest BCUT2D eigenvalue weighted by Gasteiger charge is -2.30.